The van der Waals surface area contributed by atoms with Crippen molar-refractivity contribution in [1.82, 2.24) is 10.2 Å². The molecule has 1 aliphatic rings. The molecule has 1 atom stereocenters. The molecular weight excluding hydrogens is 266 g/mol. The summed E-state index contributed by atoms with van der Waals surface area (Å²) in [4.78, 5) is 26.0. The number of rotatable bonds is 8. The molecule has 0 spiro atoms. The van der Waals surface area contributed by atoms with Crippen molar-refractivity contribution in [3.63, 3.8) is 0 Å². The first-order valence-electron chi connectivity index (χ1n) is 8.38. The van der Waals surface area contributed by atoms with Gasteiger partial charge < -0.3 is 16.0 Å². The van der Waals surface area contributed by atoms with Gasteiger partial charge in [0, 0.05) is 38.5 Å². The van der Waals surface area contributed by atoms with Crippen LogP contribution >= 0.6 is 0 Å². The Labute approximate surface area is 128 Å². The first-order valence-corrected chi connectivity index (χ1v) is 8.38. The van der Waals surface area contributed by atoms with Crippen LogP contribution in [0.5, 0.6) is 0 Å². The number of hydrogen-bond donors (Lipinski definition) is 2. The maximum absolute atomic E-state index is 12.5. The largest absolute Gasteiger partial charge is 0.354 e. The van der Waals surface area contributed by atoms with Gasteiger partial charge in [0.15, 0.2) is 0 Å². The number of nitrogens with one attached hydrogen (secondary N) is 1. The van der Waals surface area contributed by atoms with Gasteiger partial charge in [0.2, 0.25) is 11.8 Å². The summed E-state index contributed by atoms with van der Waals surface area (Å²) in [5.74, 6) is 0.712. The van der Waals surface area contributed by atoms with E-state index >= 15 is 0 Å². The molecule has 5 heteroatoms. The Balaban J connectivity index is 2.51. The van der Waals surface area contributed by atoms with Crippen LogP contribution in [0.2, 0.25) is 0 Å². The highest BCUT2D eigenvalue weighted by atomic mass is 16.2. The van der Waals surface area contributed by atoms with Crippen LogP contribution in [0.15, 0.2) is 0 Å². The number of amides is 2. The fourth-order valence-electron chi connectivity index (χ4n) is 2.93. The Morgan fingerprint density at radius 3 is 2.62 bits per heavy atom. The molecule has 0 aromatic heterocycles. The second-order valence-corrected chi connectivity index (χ2v) is 5.97. The monoisotopic (exact) mass is 297 g/mol. The zero-order chi connectivity index (χ0) is 15.7. The fourth-order valence-corrected chi connectivity index (χ4v) is 2.93. The molecule has 5 nitrogen and oxygen atoms in total. The molecule has 1 fully saturated rings. The van der Waals surface area contributed by atoms with Crippen LogP contribution in [0.25, 0.3) is 0 Å². The lowest BCUT2D eigenvalue weighted by Crippen LogP contribution is -2.49. The second kappa shape index (κ2) is 9.77. The van der Waals surface area contributed by atoms with Crippen molar-refractivity contribution in [1.29, 1.82) is 0 Å². The van der Waals surface area contributed by atoms with Crippen LogP contribution < -0.4 is 11.1 Å². The first kappa shape index (κ1) is 18.0. The molecular formula is C16H31N3O2. The molecule has 1 aliphatic heterocycles. The van der Waals surface area contributed by atoms with E-state index in [-0.39, 0.29) is 17.9 Å². The Hall–Kier alpha value is -1.10. The first-order chi connectivity index (χ1) is 10.1. The van der Waals surface area contributed by atoms with Crippen molar-refractivity contribution in [3.8, 4) is 0 Å². The minimum absolute atomic E-state index is 0.0181. The molecule has 0 aromatic rings. The molecule has 21 heavy (non-hydrogen) atoms. The van der Waals surface area contributed by atoms with E-state index in [2.05, 4.69) is 19.2 Å². The zero-order valence-corrected chi connectivity index (χ0v) is 13.6. The van der Waals surface area contributed by atoms with Gasteiger partial charge in [-0.1, -0.05) is 26.7 Å². The summed E-state index contributed by atoms with van der Waals surface area (Å²) in [5.41, 5.74) is 5.37. The lowest BCUT2D eigenvalue weighted by atomic mass is 9.96. The van der Waals surface area contributed by atoms with E-state index < -0.39 is 0 Å². The normalized spacial score (nSPS) is 18.9. The Morgan fingerprint density at radius 2 is 2.00 bits per heavy atom. The minimum Gasteiger partial charge on any atom is -0.354 e. The number of likely N-dealkylation sites (tertiary alicyclic amines) is 1. The highest BCUT2D eigenvalue weighted by Gasteiger charge is 2.27. The maximum atomic E-state index is 12.5. The predicted octanol–water partition coefficient (Wildman–Crippen LogP) is 1.66. The average Bonchev–Trinajstić information content (AvgIpc) is 2.51. The van der Waals surface area contributed by atoms with Crippen molar-refractivity contribution in [3.05, 3.63) is 0 Å². The number of carbonyl (C=O) groups excluding carboxylic acids is 2. The summed E-state index contributed by atoms with van der Waals surface area (Å²) in [7, 11) is 0. The standard InChI is InChI=1S/C16H31N3O2/c1-3-13(4-2)11-16(21)19-10-6-5-7-14(19)12-18-15(20)8-9-17/h13-14H,3-12,17H2,1-2H3,(H,18,20). The molecule has 122 valence electrons. The van der Waals surface area contributed by atoms with Crippen LogP contribution in [-0.4, -0.2) is 42.4 Å². The quantitative estimate of drug-likeness (QED) is 0.715. The Bertz CT molecular complexity index is 329. The van der Waals surface area contributed by atoms with E-state index in [1.54, 1.807) is 0 Å². The third-order valence-electron chi connectivity index (χ3n) is 4.47. The van der Waals surface area contributed by atoms with Crippen LogP contribution in [-0.2, 0) is 9.59 Å². The molecule has 0 saturated carbocycles. The van der Waals surface area contributed by atoms with Gasteiger partial charge in [-0.05, 0) is 25.2 Å². The van der Waals surface area contributed by atoms with Gasteiger partial charge in [0.25, 0.3) is 0 Å². The molecule has 1 saturated heterocycles. The van der Waals surface area contributed by atoms with Crippen LogP contribution in [0.4, 0.5) is 0 Å². The van der Waals surface area contributed by atoms with E-state index in [1.165, 1.54) is 0 Å². The van der Waals surface area contributed by atoms with Crippen LogP contribution in [0.3, 0.4) is 0 Å². The van der Waals surface area contributed by atoms with Gasteiger partial charge in [0.05, 0.1) is 0 Å². The molecule has 1 unspecified atom stereocenters. The van der Waals surface area contributed by atoms with Crippen molar-refractivity contribution in [2.24, 2.45) is 11.7 Å². The SMILES string of the molecule is CCC(CC)CC(=O)N1CCCCC1CNC(=O)CCN. The summed E-state index contributed by atoms with van der Waals surface area (Å²) < 4.78 is 0. The third-order valence-corrected chi connectivity index (χ3v) is 4.47. The predicted molar refractivity (Wildman–Crippen MR) is 84.7 cm³/mol. The molecule has 0 bridgehead atoms. The van der Waals surface area contributed by atoms with Gasteiger partial charge in [0.1, 0.15) is 0 Å². The molecule has 1 rings (SSSR count). The second-order valence-electron chi connectivity index (χ2n) is 5.97. The van der Waals surface area contributed by atoms with Gasteiger partial charge in [-0.3, -0.25) is 9.59 Å². The molecule has 0 aliphatic carbocycles. The minimum atomic E-state index is -0.0181. The summed E-state index contributed by atoms with van der Waals surface area (Å²) in [6.45, 7) is 6.04. The molecule has 3 N–H and O–H groups in total. The maximum Gasteiger partial charge on any atom is 0.223 e. The summed E-state index contributed by atoms with van der Waals surface area (Å²) in [5, 5.41) is 2.91. The lowest BCUT2D eigenvalue weighted by Gasteiger charge is -2.36. The van der Waals surface area contributed by atoms with Gasteiger partial charge in [-0.25, -0.2) is 0 Å². The van der Waals surface area contributed by atoms with E-state index in [1.807, 2.05) is 4.90 Å². The van der Waals surface area contributed by atoms with Crippen molar-refractivity contribution < 1.29 is 9.59 Å². The smallest absolute Gasteiger partial charge is 0.223 e. The van der Waals surface area contributed by atoms with E-state index in [0.717, 1.165) is 38.6 Å². The van der Waals surface area contributed by atoms with Gasteiger partial charge in [-0.2, -0.15) is 0 Å². The summed E-state index contributed by atoms with van der Waals surface area (Å²) >= 11 is 0. The van der Waals surface area contributed by atoms with E-state index in [4.69, 9.17) is 5.73 Å². The zero-order valence-electron chi connectivity index (χ0n) is 13.6. The van der Waals surface area contributed by atoms with Crippen LogP contribution in [0.1, 0.15) is 58.8 Å². The Morgan fingerprint density at radius 1 is 1.29 bits per heavy atom. The van der Waals surface area contributed by atoms with Crippen LogP contribution in [0, 0.1) is 5.92 Å². The van der Waals surface area contributed by atoms with E-state index in [0.29, 0.717) is 31.8 Å². The number of piperidine rings is 1. The van der Waals surface area contributed by atoms with Crippen molar-refractivity contribution in [2.75, 3.05) is 19.6 Å². The highest BCUT2D eigenvalue weighted by Crippen LogP contribution is 2.21. The number of carbonyl (C=O) groups is 2. The molecule has 2 amide bonds. The summed E-state index contributed by atoms with van der Waals surface area (Å²) in [6, 6.07) is 0.155. The molecule has 0 aromatic carbocycles. The number of nitrogens with zero attached hydrogens (tertiary/aromatic N) is 1. The van der Waals surface area contributed by atoms with Crippen molar-refractivity contribution >= 4 is 11.8 Å². The average molecular weight is 297 g/mol. The molecule has 1 heterocycles. The number of hydrogen-bond acceptors (Lipinski definition) is 3. The fraction of sp³-hybridized carbons (Fsp3) is 0.875. The third kappa shape index (κ3) is 6.04. The lowest BCUT2D eigenvalue weighted by molar-refractivity contribution is -0.136. The van der Waals surface area contributed by atoms with E-state index in [9.17, 15) is 9.59 Å². The number of nitrogens with two attached hydrogens (primary N) is 1. The highest BCUT2D eigenvalue weighted by molar-refractivity contribution is 5.78. The van der Waals surface area contributed by atoms with Crippen molar-refractivity contribution in [2.45, 2.75) is 64.8 Å². The van der Waals surface area contributed by atoms with Gasteiger partial charge in [-0.15, -0.1) is 0 Å². The Kier molecular flexibility index (Phi) is 8.35. The summed E-state index contributed by atoms with van der Waals surface area (Å²) in [6.07, 6.45) is 6.28. The molecule has 0 radical (unpaired) electrons. The topological polar surface area (TPSA) is 75.4 Å². The van der Waals surface area contributed by atoms with Gasteiger partial charge >= 0.3 is 0 Å².